The summed E-state index contributed by atoms with van der Waals surface area (Å²) in [6.07, 6.45) is 1.13. The number of hydrogen-bond donors (Lipinski definition) is 1. The lowest BCUT2D eigenvalue weighted by Gasteiger charge is -2.08. The van der Waals surface area contributed by atoms with E-state index in [1.54, 1.807) is 0 Å². The highest BCUT2D eigenvalue weighted by Gasteiger charge is 2.06. The van der Waals surface area contributed by atoms with Crippen LogP contribution in [0.5, 0.6) is 0 Å². The molecule has 1 heterocycles. The maximum absolute atomic E-state index is 3.37. The Kier molecular flexibility index (Phi) is 4.72. The van der Waals surface area contributed by atoms with Crippen molar-refractivity contribution in [2.24, 2.45) is 0 Å². The number of hydrogen-bond acceptors (Lipinski definition) is 2. The molecule has 76 valence electrons. The predicted molar refractivity (Wildman–Crippen MR) is 63.6 cm³/mol. The van der Waals surface area contributed by atoms with Gasteiger partial charge in [-0.2, -0.15) is 0 Å². The van der Waals surface area contributed by atoms with Crippen LogP contribution in [0.2, 0.25) is 0 Å². The van der Waals surface area contributed by atoms with Gasteiger partial charge >= 0.3 is 0 Å². The third kappa shape index (κ3) is 3.17. The first kappa shape index (κ1) is 11.3. The number of aryl methyl sites for hydroxylation is 1. The van der Waals surface area contributed by atoms with E-state index >= 15 is 0 Å². The number of thiophene rings is 1. The highest BCUT2D eigenvalue weighted by atomic mass is 32.1. The van der Waals surface area contributed by atoms with Crippen LogP contribution in [0.3, 0.4) is 0 Å². The third-order valence-electron chi connectivity index (χ3n) is 2.13. The molecular weight excluding hydrogens is 190 g/mol. The van der Waals surface area contributed by atoms with Crippen molar-refractivity contribution < 1.29 is 0 Å². The first-order valence-electron chi connectivity index (χ1n) is 4.99. The molecule has 0 aliphatic heterocycles. The molecule has 0 bridgehead atoms. The van der Waals surface area contributed by atoms with Crippen LogP contribution in [0.1, 0.15) is 36.6 Å². The third-order valence-corrected chi connectivity index (χ3v) is 3.54. The Morgan fingerprint density at radius 1 is 1.50 bits per heavy atom. The lowest BCUT2D eigenvalue weighted by molar-refractivity contribution is 0.633. The summed E-state index contributed by atoms with van der Waals surface area (Å²) in [4.78, 5) is 2.86. The number of rotatable bonds is 4. The van der Waals surface area contributed by atoms with Crippen LogP contribution in [0.15, 0.2) is 12.1 Å². The molecule has 1 rings (SSSR count). The summed E-state index contributed by atoms with van der Waals surface area (Å²) < 4.78 is 0. The van der Waals surface area contributed by atoms with Gasteiger partial charge in [-0.1, -0.05) is 12.8 Å². The van der Waals surface area contributed by atoms with Crippen molar-refractivity contribution in [1.82, 2.24) is 5.32 Å². The fourth-order valence-corrected chi connectivity index (χ4v) is 2.19. The highest BCUT2D eigenvalue weighted by Crippen LogP contribution is 2.23. The molecule has 1 atom stereocenters. The Morgan fingerprint density at radius 3 is 2.86 bits per heavy atom. The van der Waals surface area contributed by atoms with Crippen molar-refractivity contribution in [2.45, 2.75) is 33.2 Å². The van der Waals surface area contributed by atoms with Crippen LogP contribution >= 0.6 is 11.3 Å². The molecule has 1 aromatic heterocycles. The van der Waals surface area contributed by atoms with Crippen LogP contribution in [0.4, 0.5) is 0 Å². The fraction of sp³-hybridized carbons (Fsp3) is 0.500. The van der Waals surface area contributed by atoms with Gasteiger partial charge in [0.1, 0.15) is 0 Å². The molecule has 0 saturated heterocycles. The first-order chi connectivity index (χ1) is 6.77. The Labute approximate surface area is 90.5 Å². The van der Waals surface area contributed by atoms with Crippen LogP contribution in [-0.2, 0) is 6.42 Å². The Morgan fingerprint density at radius 2 is 2.29 bits per heavy atom. The van der Waals surface area contributed by atoms with Crippen molar-refractivity contribution in [1.29, 1.82) is 0 Å². The van der Waals surface area contributed by atoms with E-state index in [9.17, 15) is 0 Å². The number of nitrogens with one attached hydrogen (secondary N) is 1. The zero-order chi connectivity index (χ0) is 10.4. The molecular formula is C12H17NS. The van der Waals surface area contributed by atoms with E-state index in [1.807, 2.05) is 18.3 Å². The van der Waals surface area contributed by atoms with E-state index in [0.717, 1.165) is 13.0 Å². The van der Waals surface area contributed by atoms with E-state index in [-0.39, 0.29) is 0 Å². The van der Waals surface area contributed by atoms with Crippen molar-refractivity contribution in [3.05, 3.63) is 21.9 Å². The van der Waals surface area contributed by atoms with Crippen molar-refractivity contribution in [3.8, 4) is 11.8 Å². The Bertz CT molecular complexity index is 330. The molecule has 0 spiro atoms. The van der Waals surface area contributed by atoms with E-state index in [0.29, 0.717) is 6.04 Å². The minimum Gasteiger partial charge on any atom is -0.299 e. The van der Waals surface area contributed by atoms with E-state index in [4.69, 9.17) is 0 Å². The maximum atomic E-state index is 3.37. The lowest BCUT2D eigenvalue weighted by atomic mass is 10.2. The first-order valence-corrected chi connectivity index (χ1v) is 5.81. The molecule has 0 aliphatic carbocycles. The minimum atomic E-state index is 0.418. The molecule has 0 aromatic carbocycles. The second-order valence-electron chi connectivity index (χ2n) is 3.19. The molecule has 1 N–H and O–H groups in total. The molecule has 0 fully saturated rings. The molecule has 0 saturated carbocycles. The standard InChI is InChI=1S/C12H17NS/c1-4-6-9-13-10(3)12-8-7-11(5-2)14-12/h7-8,10,13H,5,9H2,1-3H3. The van der Waals surface area contributed by atoms with Gasteiger partial charge in [0.25, 0.3) is 0 Å². The molecule has 0 radical (unpaired) electrons. The fourth-order valence-electron chi connectivity index (χ4n) is 1.21. The van der Waals surface area contributed by atoms with Gasteiger partial charge in [0.2, 0.25) is 0 Å². The molecule has 1 nitrogen and oxygen atoms in total. The summed E-state index contributed by atoms with van der Waals surface area (Å²) in [5.74, 6) is 5.90. The molecule has 1 aromatic rings. The van der Waals surface area contributed by atoms with Gasteiger partial charge in [-0.25, -0.2) is 0 Å². The molecule has 2 heteroatoms. The van der Waals surface area contributed by atoms with Gasteiger partial charge in [0, 0.05) is 15.8 Å². The summed E-state index contributed by atoms with van der Waals surface area (Å²) in [6.45, 7) is 7.02. The largest absolute Gasteiger partial charge is 0.299 e. The van der Waals surface area contributed by atoms with Gasteiger partial charge in [-0.15, -0.1) is 17.3 Å². The van der Waals surface area contributed by atoms with Crippen LogP contribution < -0.4 is 5.32 Å². The normalized spacial score (nSPS) is 11.9. The molecule has 14 heavy (non-hydrogen) atoms. The summed E-state index contributed by atoms with van der Waals surface area (Å²) >= 11 is 1.89. The molecule has 0 amide bonds. The van der Waals surface area contributed by atoms with Gasteiger partial charge in [0.05, 0.1) is 6.54 Å². The van der Waals surface area contributed by atoms with Gasteiger partial charge in [0.15, 0.2) is 0 Å². The Hall–Kier alpha value is -0.780. The maximum Gasteiger partial charge on any atom is 0.0581 e. The summed E-state index contributed by atoms with van der Waals surface area (Å²) in [7, 11) is 0. The quantitative estimate of drug-likeness (QED) is 0.748. The van der Waals surface area contributed by atoms with Crippen LogP contribution in [0.25, 0.3) is 0 Å². The SMILES string of the molecule is CC#CCNC(C)c1ccc(CC)s1. The summed E-state index contributed by atoms with van der Waals surface area (Å²) in [5, 5.41) is 3.37. The lowest BCUT2D eigenvalue weighted by Crippen LogP contribution is -2.17. The highest BCUT2D eigenvalue weighted by molar-refractivity contribution is 7.12. The summed E-state index contributed by atoms with van der Waals surface area (Å²) in [6, 6.07) is 4.84. The zero-order valence-electron chi connectivity index (χ0n) is 9.05. The van der Waals surface area contributed by atoms with Gasteiger partial charge in [-0.3, -0.25) is 5.32 Å². The van der Waals surface area contributed by atoms with E-state index in [2.05, 4.69) is 43.1 Å². The average Bonchev–Trinajstić information content (AvgIpc) is 2.66. The minimum absolute atomic E-state index is 0.418. The second kappa shape index (κ2) is 5.85. The molecule has 0 aliphatic rings. The summed E-state index contributed by atoms with van der Waals surface area (Å²) in [5.41, 5.74) is 0. The van der Waals surface area contributed by atoms with Gasteiger partial charge < -0.3 is 0 Å². The average molecular weight is 207 g/mol. The zero-order valence-corrected chi connectivity index (χ0v) is 9.87. The van der Waals surface area contributed by atoms with Crippen molar-refractivity contribution in [2.75, 3.05) is 6.54 Å². The van der Waals surface area contributed by atoms with Crippen LogP contribution in [0, 0.1) is 11.8 Å². The smallest absolute Gasteiger partial charge is 0.0581 e. The predicted octanol–water partition coefficient (Wildman–Crippen LogP) is 2.98. The van der Waals surface area contributed by atoms with Crippen LogP contribution in [-0.4, -0.2) is 6.54 Å². The van der Waals surface area contributed by atoms with Crippen molar-refractivity contribution in [3.63, 3.8) is 0 Å². The Balaban J connectivity index is 2.49. The topological polar surface area (TPSA) is 12.0 Å². The molecule has 1 unspecified atom stereocenters. The van der Waals surface area contributed by atoms with Crippen molar-refractivity contribution >= 4 is 11.3 Å². The second-order valence-corrected chi connectivity index (χ2v) is 4.39. The van der Waals surface area contributed by atoms with E-state index in [1.165, 1.54) is 9.75 Å². The monoisotopic (exact) mass is 207 g/mol. The van der Waals surface area contributed by atoms with E-state index < -0.39 is 0 Å². The van der Waals surface area contributed by atoms with Gasteiger partial charge in [-0.05, 0) is 32.4 Å².